The maximum absolute atomic E-state index is 11.7. The van der Waals surface area contributed by atoms with E-state index < -0.39 is 0 Å². The number of benzene rings is 1. The van der Waals surface area contributed by atoms with E-state index >= 15 is 0 Å². The van der Waals surface area contributed by atoms with E-state index in [-0.39, 0.29) is 18.0 Å². The molecule has 0 bridgehead atoms. The first kappa shape index (κ1) is 20.6. The molecule has 1 amide bonds. The summed E-state index contributed by atoms with van der Waals surface area (Å²) >= 11 is 13.5. The van der Waals surface area contributed by atoms with Crippen LogP contribution in [0, 0.1) is 0 Å². The minimum atomic E-state index is -0.180. The Bertz CT molecular complexity index is 1090. The highest BCUT2D eigenvalue weighted by molar-refractivity contribution is 7.80. The van der Waals surface area contributed by atoms with Crippen LogP contribution in [-0.2, 0) is 4.79 Å². The second-order valence-corrected chi connectivity index (χ2v) is 8.84. The number of ether oxygens (including phenoxy) is 1. The average Bonchev–Trinajstić information content (AvgIpc) is 3.31. The Morgan fingerprint density at radius 1 is 1.30 bits per heavy atom. The van der Waals surface area contributed by atoms with E-state index in [0.29, 0.717) is 20.9 Å². The maximum Gasteiger partial charge on any atom is 0.221 e. The molecule has 154 valence electrons. The molecule has 2 atom stereocenters. The number of anilines is 2. The molecule has 30 heavy (non-hydrogen) atoms. The van der Waals surface area contributed by atoms with Crippen LogP contribution in [0.3, 0.4) is 0 Å². The summed E-state index contributed by atoms with van der Waals surface area (Å²) in [6, 6.07) is 15.0. The van der Waals surface area contributed by atoms with E-state index in [4.69, 9.17) is 28.6 Å². The number of hydrogen-bond donors (Lipinski definition) is 2. The van der Waals surface area contributed by atoms with Gasteiger partial charge < -0.3 is 20.3 Å². The third-order valence-corrected chi connectivity index (χ3v) is 6.37. The Morgan fingerprint density at radius 2 is 2.13 bits per heavy atom. The monoisotopic (exact) mass is 458 g/mol. The molecule has 2 aromatic heterocycles. The molecule has 0 unspecified atom stereocenters. The molecular formula is C21H19ClN4O2S2. The fourth-order valence-electron chi connectivity index (χ4n) is 3.54. The van der Waals surface area contributed by atoms with E-state index in [1.807, 2.05) is 53.4 Å². The van der Waals surface area contributed by atoms with Crippen LogP contribution in [0.4, 0.5) is 11.4 Å². The zero-order valence-corrected chi connectivity index (χ0v) is 18.6. The van der Waals surface area contributed by atoms with Crippen LogP contribution in [0.5, 0.6) is 5.75 Å². The Kier molecular flexibility index (Phi) is 5.90. The molecule has 1 aliphatic rings. The topological polar surface area (TPSA) is 66.5 Å². The molecule has 0 saturated carbocycles. The van der Waals surface area contributed by atoms with Crippen molar-refractivity contribution in [2.45, 2.75) is 19.0 Å². The fraction of sp³-hybridized carbons (Fsp3) is 0.190. The molecule has 6 nitrogen and oxygen atoms in total. The number of nitrogens with one attached hydrogen (secondary N) is 2. The summed E-state index contributed by atoms with van der Waals surface area (Å²) in [6.45, 7) is 1.46. The number of thiocarbonyl (C=S) groups is 1. The molecule has 0 spiro atoms. The van der Waals surface area contributed by atoms with Crippen molar-refractivity contribution < 1.29 is 9.53 Å². The quantitative estimate of drug-likeness (QED) is 0.528. The highest BCUT2D eigenvalue weighted by Crippen LogP contribution is 2.45. The van der Waals surface area contributed by atoms with Crippen molar-refractivity contribution in [3.05, 3.63) is 69.6 Å². The van der Waals surface area contributed by atoms with E-state index in [1.165, 1.54) is 18.3 Å². The van der Waals surface area contributed by atoms with Crippen LogP contribution >= 0.6 is 35.2 Å². The number of amides is 1. The lowest BCUT2D eigenvalue weighted by Gasteiger charge is -2.27. The summed E-state index contributed by atoms with van der Waals surface area (Å²) in [5, 5.41) is 6.79. The lowest BCUT2D eigenvalue weighted by molar-refractivity contribution is -0.114. The number of rotatable bonds is 5. The second kappa shape index (κ2) is 8.59. The summed E-state index contributed by atoms with van der Waals surface area (Å²) in [6.07, 6.45) is 1.77. The molecule has 3 aromatic rings. The molecule has 9 heteroatoms. The zero-order valence-electron chi connectivity index (χ0n) is 16.3. The first-order valence-corrected chi connectivity index (χ1v) is 10.8. The Labute approximate surface area is 188 Å². The first-order chi connectivity index (χ1) is 14.5. The van der Waals surface area contributed by atoms with Gasteiger partial charge >= 0.3 is 0 Å². The van der Waals surface area contributed by atoms with Crippen molar-refractivity contribution in [2.24, 2.45) is 0 Å². The maximum atomic E-state index is 11.7. The molecular weight excluding hydrogens is 440 g/mol. The normalized spacial score (nSPS) is 18.2. The molecule has 0 aliphatic carbocycles. The smallest absolute Gasteiger partial charge is 0.221 e. The number of thiophene rings is 1. The second-order valence-electron chi connectivity index (χ2n) is 6.70. The van der Waals surface area contributed by atoms with Crippen molar-refractivity contribution >= 4 is 57.5 Å². The third-order valence-electron chi connectivity index (χ3n) is 4.76. The molecule has 1 saturated heterocycles. The predicted molar refractivity (Wildman–Crippen MR) is 125 cm³/mol. The summed E-state index contributed by atoms with van der Waals surface area (Å²) in [7, 11) is 1.57. The van der Waals surface area contributed by atoms with Crippen molar-refractivity contribution in [3.8, 4) is 5.75 Å². The van der Waals surface area contributed by atoms with Gasteiger partial charge in [-0.25, -0.2) is 0 Å². The molecule has 1 aromatic carbocycles. The van der Waals surface area contributed by atoms with Crippen LogP contribution in [0.25, 0.3) is 0 Å². The summed E-state index contributed by atoms with van der Waals surface area (Å²) in [5.41, 5.74) is 2.28. The van der Waals surface area contributed by atoms with Crippen LogP contribution in [0.1, 0.15) is 29.6 Å². The van der Waals surface area contributed by atoms with Gasteiger partial charge in [0.25, 0.3) is 0 Å². The molecule has 1 aliphatic heterocycles. The van der Waals surface area contributed by atoms with Gasteiger partial charge in [0, 0.05) is 23.7 Å². The Morgan fingerprint density at radius 3 is 2.77 bits per heavy atom. The third kappa shape index (κ3) is 3.98. The van der Waals surface area contributed by atoms with Gasteiger partial charge in [0.05, 0.1) is 34.9 Å². The van der Waals surface area contributed by atoms with Gasteiger partial charge in [-0.15, -0.1) is 11.3 Å². The number of methoxy groups -OCH3 is 1. The van der Waals surface area contributed by atoms with Gasteiger partial charge in [0.2, 0.25) is 5.91 Å². The first-order valence-electron chi connectivity index (χ1n) is 9.19. The molecule has 2 N–H and O–H groups in total. The van der Waals surface area contributed by atoms with Crippen molar-refractivity contribution in [2.75, 3.05) is 17.3 Å². The Balaban J connectivity index is 1.81. The highest BCUT2D eigenvalue weighted by atomic mass is 35.5. The largest absolute Gasteiger partial charge is 0.495 e. The summed E-state index contributed by atoms with van der Waals surface area (Å²) < 4.78 is 6.09. The number of aromatic nitrogens is 1. The summed E-state index contributed by atoms with van der Waals surface area (Å²) in [4.78, 5) is 19.3. The molecule has 0 radical (unpaired) electrons. The number of carbonyl (C=O) groups excluding carboxylic acids is 1. The number of carbonyl (C=O) groups is 1. The van der Waals surface area contributed by atoms with Crippen LogP contribution < -0.4 is 20.3 Å². The minimum Gasteiger partial charge on any atom is -0.495 e. The highest BCUT2D eigenvalue weighted by Gasteiger charge is 2.41. The molecule has 4 rings (SSSR count). The minimum absolute atomic E-state index is 0.150. The van der Waals surface area contributed by atoms with Crippen LogP contribution in [-0.4, -0.2) is 23.1 Å². The number of pyridine rings is 1. The number of hydrogen-bond acceptors (Lipinski definition) is 5. The number of nitrogens with zero attached hydrogens (tertiary/aromatic N) is 2. The Hall–Kier alpha value is -2.68. The van der Waals surface area contributed by atoms with E-state index in [1.54, 1.807) is 13.3 Å². The van der Waals surface area contributed by atoms with Crippen LogP contribution in [0.2, 0.25) is 4.34 Å². The van der Waals surface area contributed by atoms with Gasteiger partial charge in [-0.05, 0) is 54.7 Å². The zero-order chi connectivity index (χ0) is 21.3. The average molecular weight is 459 g/mol. The molecule has 3 heterocycles. The summed E-state index contributed by atoms with van der Waals surface area (Å²) in [5.74, 6) is 0.393. The van der Waals surface area contributed by atoms with Gasteiger partial charge in [-0.3, -0.25) is 9.78 Å². The standard InChI is InChI=1S/C21H19ClN4O2S2/c1-12(27)24-15-11-13(6-7-16(15)28-2)26-20(17-8-9-18(22)30-17)19(25-21(26)29)14-5-3-4-10-23-14/h3-11,19-20H,1-2H3,(H,24,27)(H,25,29)/t19-,20-/m1/s1. The predicted octanol–water partition coefficient (Wildman–Crippen LogP) is 4.94. The SMILES string of the molecule is COc1ccc(N2C(=S)N[C@H](c3ccccn3)[C@H]2c2ccc(Cl)s2)cc1NC(C)=O. The van der Waals surface area contributed by atoms with E-state index in [2.05, 4.69) is 15.6 Å². The van der Waals surface area contributed by atoms with E-state index in [9.17, 15) is 4.79 Å². The lowest BCUT2D eigenvalue weighted by Crippen LogP contribution is -2.29. The lowest BCUT2D eigenvalue weighted by atomic mass is 10.0. The van der Waals surface area contributed by atoms with E-state index in [0.717, 1.165) is 16.3 Å². The van der Waals surface area contributed by atoms with Crippen molar-refractivity contribution in [1.82, 2.24) is 10.3 Å². The van der Waals surface area contributed by atoms with Gasteiger partial charge in [0.1, 0.15) is 5.75 Å². The van der Waals surface area contributed by atoms with Crippen molar-refractivity contribution in [1.29, 1.82) is 0 Å². The van der Waals surface area contributed by atoms with Crippen molar-refractivity contribution in [3.63, 3.8) is 0 Å². The van der Waals surface area contributed by atoms with Crippen LogP contribution in [0.15, 0.2) is 54.7 Å². The fourth-order valence-corrected chi connectivity index (χ4v) is 5.08. The molecule has 1 fully saturated rings. The van der Waals surface area contributed by atoms with Gasteiger partial charge in [-0.2, -0.15) is 0 Å². The van der Waals surface area contributed by atoms with Gasteiger partial charge in [-0.1, -0.05) is 17.7 Å². The van der Waals surface area contributed by atoms with Gasteiger partial charge in [0.15, 0.2) is 5.11 Å². The number of halogens is 1.